The molecule has 0 bridgehead atoms. The van der Waals surface area contributed by atoms with E-state index in [-0.39, 0.29) is 11.7 Å². The summed E-state index contributed by atoms with van der Waals surface area (Å²) in [6, 6.07) is 4.95. The summed E-state index contributed by atoms with van der Waals surface area (Å²) in [5, 5.41) is 9.77. The number of fused-ring (bicyclic) bond motifs is 1. The van der Waals surface area contributed by atoms with Crippen LogP contribution in [0.5, 0.6) is 0 Å². The van der Waals surface area contributed by atoms with Crippen molar-refractivity contribution in [2.75, 3.05) is 13.6 Å². The number of aromatic nitrogens is 2. The Bertz CT molecular complexity index is 654. The molecular weight excluding hydrogens is 278 g/mol. The molecule has 0 saturated heterocycles. The standard InChI is InChI=1S/C14H18ClN3O2/c1-10(19)5-6-17(2)9-12-7-14(20)18-8-11(15)3-4-13(18)16-12/h3-4,7-8,10,19H,5-6,9H2,1-2H3. The zero-order valence-corrected chi connectivity index (χ0v) is 12.3. The van der Waals surface area contributed by atoms with E-state index in [0.29, 0.717) is 29.3 Å². The molecule has 5 nitrogen and oxygen atoms in total. The quantitative estimate of drug-likeness (QED) is 0.909. The van der Waals surface area contributed by atoms with E-state index in [1.807, 2.05) is 11.9 Å². The highest BCUT2D eigenvalue weighted by Crippen LogP contribution is 2.09. The summed E-state index contributed by atoms with van der Waals surface area (Å²) in [5.74, 6) is 0. The van der Waals surface area contributed by atoms with Gasteiger partial charge in [0.05, 0.1) is 16.8 Å². The number of pyridine rings is 1. The minimum absolute atomic E-state index is 0.142. The van der Waals surface area contributed by atoms with Crippen molar-refractivity contribution in [3.63, 3.8) is 0 Å². The lowest BCUT2D eigenvalue weighted by Gasteiger charge is -2.17. The average Bonchev–Trinajstić information content (AvgIpc) is 2.37. The van der Waals surface area contributed by atoms with E-state index in [0.717, 1.165) is 6.54 Å². The van der Waals surface area contributed by atoms with Crippen LogP contribution < -0.4 is 5.56 Å². The highest BCUT2D eigenvalue weighted by molar-refractivity contribution is 6.30. The second-order valence-electron chi connectivity index (χ2n) is 5.04. The molecule has 2 aromatic heterocycles. The third-order valence-corrected chi connectivity index (χ3v) is 3.26. The fraction of sp³-hybridized carbons (Fsp3) is 0.429. The molecular formula is C14H18ClN3O2. The summed E-state index contributed by atoms with van der Waals surface area (Å²) in [6.07, 6.45) is 1.93. The molecule has 108 valence electrons. The van der Waals surface area contributed by atoms with Gasteiger partial charge in [0.15, 0.2) is 0 Å². The van der Waals surface area contributed by atoms with Gasteiger partial charge in [-0.1, -0.05) is 11.6 Å². The number of halogens is 1. The highest BCUT2D eigenvalue weighted by Gasteiger charge is 2.07. The van der Waals surface area contributed by atoms with Crippen molar-refractivity contribution >= 4 is 17.2 Å². The molecule has 0 aliphatic carbocycles. The number of aliphatic hydroxyl groups is 1. The average molecular weight is 296 g/mol. The largest absolute Gasteiger partial charge is 0.393 e. The van der Waals surface area contributed by atoms with Gasteiger partial charge in [-0.3, -0.25) is 9.20 Å². The summed E-state index contributed by atoms with van der Waals surface area (Å²) < 4.78 is 1.43. The van der Waals surface area contributed by atoms with Gasteiger partial charge in [-0.25, -0.2) is 4.98 Å². The SMILES string of the molecule is CC(O)CCN(C)Cc1cc(=O)n2cc(Cl)ccc2n1. The van der Waals surface area contributed by atoms with Crippen LogP contribution in [-0.2, 0) is 6.54 Å². The smallest absolute Gasteiger partial charge is 0.258 e. The van der Waals surface area contributed by atoms with E-state index < -0.39 is 0 Å². The Kier molecular flexibility index (Phi) is 4.75. The Labute approximate surface area is 122 Å². The Balaban J connectivity index is 2.19. The van der Waals surface area contributed by atoms with Gasteiger partial charge in [0.2, 0.25) is 0 Å². The van der Waals surface area contributed by atoms with Crippen LogP contribution >= 0.6 is 11.6 Å². The number of rotatable bonds is 5. The molecule has 1 unspecified atom stereocenters. The van der Waals surface area contributed by atoms with Crippen molar-refractivity contribution in [3.05, 3.63) is 45.5 Å². The summed E-state index contributed by atoms with van der Waals surface area (Å²) in [6.45, 7) is 3.08. The van der Waals surface area contributed by atoms with Crippen LogP contribution in [0.2, 0.25) is 5.02 Å². The number of hydrogen-bond acceptors (Lipinski definition) is 4. The number of nitrogens with zero attached hydrogens (tertiary/aromatic N) is 3. The fourth-order valence-electron chi connectivity index (χ4n) is 1.97. The topological polar surface area (TPSA) is 57.8 Å². The Morgan fingerprint density at radius 3 is 2.95 bits per heavy atom. The minimum atomic E-state index is -0.324. The molecule has 0 fully saturated rings. The molecule has 6 heteroatoms. The van der Waals surface area contributed by atoms with Gasteiger partial charge < -0.3 is 10.0 Å². The van der Waals surface area contributed by atoms with Crippen molar-refractivity contribution in [3.8, 4) is 0 Å². The van der Waals surface area contributed by atoms with E-state index in [2.05, 4.69) is 4.98 Å². The van der Waals surface area contributed by atoms with Crippen LogP contribution in [0, 0.1) is 0 Å². The van der Waals surface area contributed by atoms with Gasteiger partial charge in [0.25, 0.3) is 5.56 Å². The molecule has 0 radical (unpaired) electrons. The van der Waals surface area contributed by atoms with Crippen molar-refractivity contribution < 1.29 is 5.11 Å². The van der Waals surface area contributed by atoms with Crippen molar-refractivity contribution in [1.82, 2.24) is 14.3 Å². The Hall–Kier alpha value is -1.43. The third-order valence-electron chi connectivity index (χ3n) is 3.04. The van der Waals surface area contributed by atoms with Gasteiger partial charge in [0, 0.05) is 25.4 Å². The van der Waals surface area contributed by atoms with E-state index >= 15 is 0 Å². The van der Waals surface area contributed by atoms with Gasteiger partial charge >= 0.3 is 0 Å². The minimum Gasteiger partial charge on any atom is -0.393 e. The summed E-state index contributed by atoms with van der Waals surface area (Å²) in [5.41, 5.74) is 1.16. The molecule has 0 saturated carbocycles. The normalized spacial score (nSPS) is 13.1. The molecule has 0 aliphatic heterocycles. The maximum absolute atomic E-state index is 12.0. The molecule has 20 heavy (non-hydrogen) atoms. The maximum atomic E-state index is 12.0. The van der Waals surface area contributed by atoms with E-state index in [1.165, 1.54) is 10.5 Å². The van der Waals surface area contributed by atoms with Crippen molar-refractivity contribution in [1.29, 1.82) is 0 Å². The first-order valence-electron chi connectivity index (χ1n) is 6.50. The maximum Gasteiger partial charge on any atom is 0.258 e. The Morgan fingerprint density at radius 1 is 1.50 bits per heavy atom. The van der Waals surface area contributed by atoms with Crippen LogP contribution in [0.25, 0.3) is 5.65 Å². The predicted molar refractivity (Wildman–Crippen MR) is 79.1 cm³/mol. The molecule has 1 N–H and O–H groups in total. The van der Waals surface area contributed by atoms with Gasteiger partial charge in [-0.05, 0) is 32.5 Å². The van der Waals surface area contributed by atoms with E-state index in [1.54, 1.807) is 25.3 Å². The zero-order chi connectivity index (χ0) is 14.7. The third kappa shape index (κ3) is 3.79. The molecule has 0 aliphatic rings. The van der Waals surface area contributed by atoms with E-state index in [4.69, 9.17) is 11.6 Å². The van der Waals surface area contributed by atoms with Crippen molar-refractivity contribution in [2.24, 2.45) is 0 Å². The summed E-state index contributed by atoms with van der Waals surface area (Å²) in [7, 11) is 1.94. The van der Waals surface area contributed by atoms with Crippen molar-refractivity contribution in [2.45, 2.75) is 26.0 Å². The molecule has 2 heterocycles. The van der Waals surface area contributed by atoms with Crippen LogP contribution in [0.1, 0.15) is 19.0 Å². The second kappa shape index (κ2) is 6.35. The summed E-state index contributed by atoms with van der Waals surface area (Å²) >= 11 is 5.87. The van der Waals surface area contributed by atoms with Crippen LogP contribution in [0.3, 0.4) is 0 Å². The Morgan fingerprint density at radius 2 is 2.25 bits per heavy atom. The molecule has 0 spiro atoms. The highest BCUT2D eigenvalue weighted by atomic mass is 35.5. The van der Waals surface area contributed by atoms with Crippen LogP contribution in [0.15, 0.2) is 29.2 Å². The monoisotopic (exact) mass is 295 g/mol. The molecule has 0 aromatic carbocycles. The molecule has 2 aromatic rings. The lowest BCUT2D eigenvalue weighted by molar-refractivity contribution is 0.162. The fourth-order valence-corrected chi connectivity index (χ4v) is 2.13. The van der Waals surface area contributed by atoms with E-state index in [9.17, 15) is 9.90 Å². The first-order valence-corrected chi connectivity index (χ1v) is 6.88. The molecule has 2 rings (SSSR count). The van der Waals surface area contributed by atoms with Crippen LogP contribution in [0.4, 0.5) is 0 Å². The first kappa shape index (κ1) is 15.0. The molecule has 0 amide bonds. The second-order valence-corrected chi connectivity index (χ2v) is 5.47. The first-order chi connectivity index (χ1) is 9.45. The molecule has 1 atom stereocenters. The van der Waals surface area contributed by atoms with Gasteiger partial charge in [0.1, 0.15) is 5.65 Å². The lowest BCUT2D eigenvalue weighted by atomic mass is 10.2. The summed E-state index contributed by atoms with van der Waals surface area (Å²) in [4.78, 5) is 18.5. The van der Waals surface area contributed by atoms with Crippen LogP contribution in [-0.4, -0.2) is 39.1 Å². The zero-order valence-electron chi connectivity index (χ0n) is 11.6. The number of aliphatic hydroxyl groups excluding tert-OH is 1. The van der Waals surface area contributed by atoms with Gasteiger partial charge in [-0.2, -0.15) is 0 Å². The predicted octanol–water partition coefficient (Wildman–Crippen LogP) is 1.55. The number of hydrogen-bond donors (Lipinski definition) is 1. The van der Waals surface area contributed by atoms with Gasteiger partial charge in [-0.15, -0.1) is 0 Å². The lowest BCUT2D eigenvalue weighted by Crippen LogP contribution is -2.24.